The number of rotatable bonds is 1. The quantitative estimate of drug-likeness (QED) is 0.826. The lowest BCUT2D eigenvalue weighted by molar-refractivity contribution is 0.575. The molecular weight excluding hydrogens is 220 g/mol. The summed E-state index contributed by atoms with van der Waals surface area (Å²) >= 11 is 0. The monoisotopic (exact) mass is 240 g/mol. The number of hydrogen-bond donors (Lipinski definition) is 1. The minimum atomic E-state index is 0.566. The Labute approximate surface area is 108 Å². The lowest BCUT2D eigenvalue weighted by atomic mass is 9.91. The SMILES string of the molecule is Cc1ccc2cc(C3CC(C)NC3C)ccc2n1. The molecule has 2 nitrogen and oxygen atoms in total. The zero-order valence-corrected chi connectivity index (χ0v) is 11.3. The topological polar surface area (TPSA) is 24.9 Å². The fourth-order valence-electron chi connectivity index (χ4n) is 3.12. The molecule has 2 heteroatoms. The molecule has 1 aromatic carbocycles. The Balaban J connectivity index is 2.01. The van der Waals surface area contributed by atoms with Crippen molar-refractivity contribution in [3.8, 4) is 0 Å². The molecule has 0 amide bonds. The lowest BCUT2D eigenvalue weighted by Gasteiger charge is -2.15. The number of aromatic nitrogens is 1. The fourth-order valence-corrected chi connectivity index (χ4v) is 3.12. The van der Waals surface area contributed by atoms with E-state index in [-0.39, 0.29) is 0 Å². The third kappa shape index (κ3) is 2.01. The predicted molar refractivity (Wildman–Crippen MR) is 75.9 cm³/mol. The first kappa shape index (κ1) is 11.7. The zero-order valence-electron chi connectivity index (χ0n) is 11.3. The molecule has 0 spiro atoms. The molecule has 0 saturated carbocycles. The van der Waals surface area contributed by atoms with Crippen molar-refractivity contribution in [3.05, 3.63) is 41.6 Å². The second-order valence-electron chi connectivity index (χ2n) is 5.60. The number of nitrogens with zero attached hydrogens (tertiary/aromatic N) is 1. The molecule has 94 valence electrons. The van der Waals surface area contributed by atoms with Gasteiger partial charge in [-0.2, -0.15) is 0 Å². The molecule has 2 heterocycles. The summed E-state index contributed by atoms with van der Waals surface area (Å²) < 4.78 is 0. The van der Waals surface area contributed by atoms with Crippen molar-refractivity contribution in [2.75, 3.05) is 0 Å². The molecule has 0 radical (unpaired) electrons. The van der Waals surface area contributed by atoms with Crippen LogP contribution < -0.4 is 5.32 Å². The second-order valence-corrected chi connectivity index (χ2v) is 5.60. The largest absolute Gasteiger partial charge is 0.311 e. The first-order chi connectivity index (χ1) is 8.63. The van der Waals surface area contributed by atoms with Gasteiger partial charge in [-0.3, -0.25) is 4.98 Å². The van der Waals surface area contributed by atoms with Crippen LogP contribution >= 0.6 is 0 Å². The van der Waals surface area contributed by atoms with Gasteiger partial charge in [-0.25, -0.2) is 0 Å². The van der Waals surface area contributed by atoms with Crippen molar-refractivity contribution in [2.45, 2.75) is 45.2 Å². The highest BCUT2D eigenvalue weighted by molar-refractivity contribution is 5.79. The molecule has 3 unspecified atom stereocenters. The maximum Gasteiger partial charge on any atom is 0.0705 e. The molecule has 1 saturated heterocycles. The average molecular weight is 240 g/mol. The fraction of sp³-hybridized carbons (Fsp3) is 0.438. The molecule has 1 fully saturated rings. The van der Waals surface area contributed by atoms with E-state index in [0.717, 1.165) is 11.2 Å². The average Bonchev–Trinajstić information content (AvgIpc) is 2.68. The van der Waals surface area contributed by atoms with Gasteiger partial charge in [0.05, 0.1) is 5.52 Å². The summed E-state index contributed by atoms with van der Waals surface area (Å²) in [6, 6.07) is 12.2. The van der Waals surface area contributed by atoms with Crippen LogP contribution in [0.2, 0.25) is 0 Å². The minimum absolute atomic E-state index is 0.566. The smallest absolute Gasteiger partial charge is 0.0705 e. The number of pyridine rings is 1. The molecule has 18 heavy (non-hydrogen) atoms. The summed E-state index contributed by atoms with van der Waals surface area (Å²) in [6.07, 6.45) is 1.23. The van der Waals surface area contributed by atoms with Gasteiger partial charge in [0.25, 0.3) is 0 Å². The van der Waals surface area contributed by atoms with Crippen LogP contribution in [0.3, 0.4) is 0 Å². The second kappa shape index (κ2) is 4.36. The highest BCUT2D eigenvalue weighted by Gasteiger charge is 2.29. The van der Waals surface area contributed by atoms with Gasteiger partial charge in [0.2, 0.25) is 0 Å². The van der Waals surface area contributed by atoms with E-state index in [2.05, 4.69) is 54.5 Å². The number of benzene rings is 1. The summed E-state index contributed by atoms with van der Waals surface area (Å²) in [6.45, 7) is 6.59. The molecule has 0 aliphatic carbocycles. The van der Waals surface area contributed by atoms with Gasteiger partial charge >= 0.3 is 0 Å². The van der Waals surface area contributed by atoms with E-state index in [1.54, 1.807) is 0 Å². The Morgan fingerprint density at radius 1 is 1.17 bits per heavy atom. The minimum Gasteiger partial charge on any atom is -0.311 e. The van der Waals surface area contributed by atoms with Gasteiger partial charge in [0.1, 0.15) is 0 Å². The van der Waals surface area contributed by atoms with Gasteiger partial charge < -0.3 is 5.32 Å². The number of fused-ring (bicyclic) bond motifs is 1. The van der Waals surface area contributed by atoms with Crippen LogP contribution in [0, 0.1) is 6.92 Å². The third-order valence-corrected chi connectivity index (χ3v) is 4.04. The number of hydrogen-bond acceptors (Lipinski definition) is 2. The first-order valence-corrected chi connectivity index (χ1v) is 6.77. The Bertz CT molecular complexity index is 576. The van der Waals surface area contributed by atoms with Crippen LogP contribution in [-0.4, -0.2) is 17.1 Å². The Kier molecular flexibility index (Phi) is 2.83. The van der Waals surface area contributed by atoms with Crippen molar-refractivity contribution < 1.29 is 0 Å². The van der Waals surface area contributed by atoms with Crippen molar-refractivity contribution in [1.29, 1.82) is 0 Å². The van der Waals surface area contributed by atoms with Crippen molar-refractivity contribution in [2.24, 2.45) is 0 Å². The maximum absolute atomic E-state index is 4.56. The van der Waals surface area contributed by atoms with Crippen LogP contribution in [0.4, 0.5) is 0 Å². The molecule has 2 aromatic rings. The Hall–Kier alpha value is -1.41. The molecule has 1 N–H and O–H groups in total. The van der Waals surface area contributed by atoms with Crippen LogP contribution in [0.1, 0.15) is 37.4 Å². The maximum atomic E-state index is 4.56. The highest BCUT2D eigenvalue weighted by atomic mass is 15.0. The standard InChI is InChI=1S/C16H20N2/c1-10-4-5-14-9-13(6-7-16(14)18-10)15-8-11(2)17-12(15)3/h4-7,9,11-12,15,17H,8H2,1-3H3. The molecule has 3 atom stereocenters. The predicted octanol–water partition coefficient (Wildman–Crippen LogP) is 3.40. The Morgan fingerprint density at radius 2 is 2.00 bits per heavy atom. The van der Waals surface area contributed by atoms with Gasteiger partial charge in [-0.05, 0) is 51.0 Å². The zero-order chi connectivity index (χ0) is 12.7. The summed E-state index contributed by atoms with van der Waals surface area (Å²) in [5.41, 5.74) is 3.63. The normalized spacial score (nSPS) is 27.8. The van der Waals surface area contributed by atoms with Gasteiger partial charge in [-0.15, -0.1) is 0 Å². The summed E-state index contributed by atoms with van der Waals surface area (Å²) in [4.78, 5) is 4.56. The van der Waals surface area contributed by atoms with Gasteiger partial charge in [-0.1, -0.05) is 12.1 Å². The first-order valence-electron chi connectivity index (χ1n) is 6.77. The number of nitrogens with one attached hydrogen (secondary N) is 1. The number of aryl methyl sites for hydroxylation is 1. The van der Waals surface area contributed by atoms with Crippen molar-refractivity contribution in [3.63, 3.8) is 0 Å². The van der Waals surface area contributed by atoms with Crippen LogP contribution in [-0.2, 0) is 0 Å². The van der Waals surface area contributed by atoms with E-state index in [1.807, 2.05) is 6.92 Å². The molecule has 0 bridgehead atoms. The van der Waals surface area contributed by atoms with Crippen molar-refractivity contribution in [1.82, 2.24) is 10.3 Å². The van der Waals surface area contributed by atoms with Gasteiger partial charge in [0, 0.05) is 29.1 Å². The van der Waals surface area contributed by atoms with E-state index in [4.69, 9.17) is 0 Å². The van der Waals surface area contributed by atoms with E-state index in [0.29, 0.717) is 18.0 Å². The van der Waals surface area contributed by atoms with Crippen LogP contribution in [0.15, 0.2) is 30.3 Å². The summed E-state index contributed by atoms with van der Waals surface area (Å²) in [7, 11) is 0. The highest BCUT2D eigenvalue weighted by Crippen LogP contribution is 2.32. The van der Waals surface area contributed by atoms with E-state index >= 15 is 0 Å². The van der Waals surface area contributed by atoms with E-state index in [9.17, 15) is 0 Å². The van der Waals surface area contributed by atoms with Crippen molar-refractivity contribution >= 4 is 10.9 Å². The lowest BCUT2D eigenvalue weighted by Crippen LogP contribution is -2.26. The molecule has 1 aromatic heterocycles. The molecule has 1 aliphatic heterocycles. The van der Waals surface area contributed by atoms with Crippen LogP contribution in [0.5, 0.6) is 0 Å². The molecule has 3 rings (SSSR count). The third-order valence-electron chi connectivity index (χ3n) is 4.04. The van der Waals surface area contributed by atoms with E-state index in [1.165, 1.54) is 17.4 Å². The van der Waals surface area contributed by atoms with E-state index < -0.39 is 0 Å². The molecular formula is C16H20N2. The summed E-state index contributed by atoms with van der Waals surface area (Å²) in [5.74, 6) is 0.630. The van der Waals surface area contributed by atoms with Gasteiger partial charge in [0.15, 0.2) is 0 Å². The Morgan fingerprint density at radius 3 is 2.72 bits per heavy atom. The van der Waals surface area contributed by atoms with Crippen LogP contribution in [0.25, 0.3) is 10.9 Å². The molecule has 1 aliphatic rings. The summed E-state index contributed by atoms with van der Waals surface area (Å²) in [5, 5.41) is 4.86.